The van der Waals surface area contributed by atoms with Gasteiger partial charge in [0.25, 0.3) is 0 Å². The number of thioether (sulfide) groups is 1. The summed E-state index contributed by atoms with van der Waals surface area (Å²) in [6, 6.07) is 15.9. The van der Waals surface area contributed by atoms with Gasteiger partial charge >= 0.3 is 5.97 Å². The maximum atomic E-state index is 13.1. The molecule has 0 amide bonds. The molecule has 0 saturated heterocycles. The van der Waals surface area contributed by atoms with E-state index in [-0.39, 0.29) is 17.8 Å². The number of carbonyl (C=O) groups excluding carboxylic acids is 2. The molecule has 0 radical (unpaired) electrons. The number of carbonyl (C=O) groups is 2. The van der Waals surface area contributed by atoms with Gasteiger partial charge in [0.05, 0.1) is 12.5 Å². The standard InChI is InChI=1S/C25H28O3S/c1-17(25(27)28-14-13-18-7-3-2-4-8-18)19-11-12-22-23(15-19)29-16-20-9-5-6-10-21(20)24(22)26/h2-4,7-8,11-12,15,17,20-21H,5-6,9-10,13-14,16H2,1H3. The molecule has 0 bridgehead atoms. The Labute approximate surface area is 177 Å². The first-order valence-electron chi connectivity index (χ1n) is 10.6. The molecular formula is C25H28O3S. The first-order chi connectivity index (χ1) is 14.1. The Kier molecular flexibility index (Phi) is 6.39. The third kappa shape index (κ3) is 4.58. The van der Waals surface area contributed by atoms with Gasteiger partial charge in [-0.1, -0.05) is 49.2 Å². The van der Waals surface area contributed by atoms with Crippen LogP contribution in [0.4, 0.5) is 0 Å². The van der Waals surface area contributed by atoms with Crippen LogP contribution >= 0.6 is 11.8 Å². The number of rotatable bonds is 5. The lowest BCUT2D eigenvalue weighted by Gasteiger charge is -2.28. The molecule has 1 saturated carbocycles. The highest BCUT2D eigenvalue weighted by molar-refractivity contribution is 7.99. The Hall–Kier alpha value is -2.07. The van der Waals surface area contributed by atoms with E-state index in [9.17, 15) is 9.59 Å². The largest absolute Gasteiger partial charge is 0.465 e. The molecule has 2 aliphatic rings. The van der Waals surface area contributed by atoms with Gasteiger partial charge in [0.2, 0.25) is 0 Å². The fourth-order valence-corrected chi connectivity index (χ4v) is 5.79. The number of benzene rings is 2. The Morgan fingerprint density at radius 3 is 2.76 bits per heavy atom. The van der Waals surface area contributed by atoms with E-state index in [1.165, 1.54) is 6.42 Å². The van der Waals surface area contributed by atoms with Crippen LogP contribution in [0.3, 0.4) is 0 Å². The van der Waals surface area contributed by atoms with Gasteiger partial charge in [-0.15, -0.1) is 11.8 Å². The molecule has 152 valence electrons. The monoisotopic (exact) mass is 408 g/mol. The van der Waals surface area contributed by atoms with Gasteiger partial charge in [-0.25, -0.2) is 0 Å². The van der Waals surface area contributed by atoms with Gasteiger partial charge in [-0.05, 0) is 48.9 Å². The van der Waals surface area contributed by atoms with Crippen LogP contribution in [0.25, 0.3) is 0 Å². The first-order valence-corrected chi connectivity index (χ1v) is 11.6. The molecule has 29 heavy (non-hydrogen) atoms. The van der Waals surface area contributed by atoms with E-state index in [2.05, 4.69) is 0 Å². The average molecular weight is 409 g/mol. The predicted octanol–water partition coefficient (Wildman–Crippen LogP) is 5.67. The molecule has 3 atom stereocenters. The van der Waals surface area contributed by atoms with Crippen LogP contribution in [-0.4, -0.2) is 24.1 Å². The summed E-state index contributed by atoms with van der Waals surface area (Å²) in [7, 11) is 0. The summed E-state index contributed by atoms with van der Waals surface area (Å²) in [5.74, 6) is 1.44. The van der Waals surface area contributed by atoms with E-state index in [1.54, 1.807) is 11.8 Å². The van der Waals surface area contributed by atoms with Gasteiger partial charge in [0.15, 0.2) is 5.78 Å². The van der Waals surface area contributed by atoms with Crippen molar-refractivity contribution >= 4 is 23.5 Å². The minimum absolute atomic E-state index is 0.184. The maximum Gasteiger partial charge on any atom is 0.313 e. The van der Waals surface area contributed by atoms with Crippen molar-refractivity contribution in [3.8, 4) is 0 Å². The Bertz CT molecular complexity index is 877. The van der Waals surface area contributed by atoms with E-state index in [0.29, 0.717) is 18.3 Å². The van der Waals surface area contributed by atoms with Crippen molar-refractivity contribution in [2.24, 2.45) is 11.8 Å². The molecule has 2 aromatic carbocycles. The Morgan fingerprint density at radius 2 is 1.93 bits per heavy atom. The lowest BCUT2D eigenvalue weighted by Crippen LogP contribution is -2.27. The van der Waals surface area contributed by atoms with E-state index in [0.717, 1.165) is 53.0 Å². The number of hydrogen-bond acceptors (Lipinski definition) is 4. The lowest BCUT2D eigenvalue weighted by molar-refractivity contribution is -0.144. The summed E-state index contributed by atoms with van der Waals surface area (Å²) < 4.78 is 5.52. The second kappa shape index (κ2) is 9.17. The molecule has 3 unspecified atom stereocenters. The molecule has 0 N–H and O–H groups in total. The van der Waals surface area contributed by atoms with E-state index >= 15 is 0 Å². The molecular weight excluding hydrogens is 380 g/mol. The number of Topliss-reactive ketones (excluding diaryl/α,β-unsaturated/α-hetero) is 1. The molecule has 4 rings (SSSR count). The van der Waals surface area contributed by atoms with Crippen LogP contribution in [0.1, 0.15) is 60.0 Å². The summed E-state index contributed by atoms with van der Waals surface area (Å²) in [5.41, 5.74) is 2.94. The van der Waals surface area contributed by atoms with Crippen LogP contribution in [0, 0.1) is 11.8 Å². The fourth-order valence-electron chi connectivity index (χ4n) is 4.46. The zero-order valence-electron chi connectivity index (χ0n) is 16.9. The summed E-state index contributed by atoms with van der Waals surface area (Å²) in [6.45, 7) is 2.27. The number of hydrogen-bond donors (Lipinski definition) is 0. The summed E-state index contributed by atoms with van der Waals surface area (Å²) >= 11 is 1.78. The Balaban J connectivity index is 1.42. The molecule has 1 heterocycles. The zero-order valence-corrected chi connectivity index (χ0v) is 17.8. The van der Waals surface area contributed by atoms with E-state index in [4.69, 9.17) is 4.74 Å². The van der Waals surface area contributed by atoms with Crippen LogP contribution in [0.5, 0.6) is 0 Å². The third-order valence-corrected chi connectivity index (χ3v) is 7.54. The lowest BCUT2D eigenvalue weighted by atomic mass is 9.76. The van der Waals surface area contributed by atoms with Crippen molar-refractivity contribution in [3.63, 3.8) is 0 Å². The van der Waals surface area contributed by atoms with Crippen LogP contribution < -0.4 is 0 Å². The van der Waals surface area contributed by atoms with E-state index in [1.807, 2.05) is 55.5 Å². The number of esters is 1. The van der Waals surface area contributed by atoms with Crippen molar-refractivity contribution in [1.29, 1.82) is 0 Å². The van der Waals surface area contributed by atoms with Crippen molar-refractivity contribution in [2.75, 3.05) is 12.4 Å². The van der Waals surface area contributed by atoms with Gasteiger partial charge < -0.3 is 4.74 Å². The molecule has 2 aromatic rings. The molecule has 0 aromatic heterocycles. The highest BCUT2D eigenvalue weighted by Crippen LogP contribution is 2.42. The van der Waals surface area contributed by atoms with Crippen molar-refractivity contribution in [3.05, 3.63) is 65.2 Å². The summed E-state index contributed by atoms with van der Waals surface area (Å²) in [6.07, 6.45) is 5.31. The third-order valence-electron chi connectivity index (χ3n) is 6.30. The number of ether oxygens (including phenoxy) is 1. The van der Waals surface area contributed by atoms with E-state index < -0.39 is 0 Å². The minimum Gasteiger partial charge on any atom is -0.465 e. The molecule has 1 fully saturated rings. The smallest absolute Gasteiger partial charge is 0.313 e. The van der Waals surface area contributed by atoms with Crippen LogP contribution in [0.2, 0.25) is 0 Å². The van der Waals surface area contributed by atoms with Gasteiger partial charge in [0.1, 0.15) is 0 Å². The van der Waals surface area contributed by atoms with Crippen molar-refractivity contribution < 1.29 is 14.3 Å². The first kappa shape index (κ1) is 20.2. The molecule has 1 aliphatic heterocycles. The normalized spacial score (nSPS) is 22.2. The summed E-state index contributed by atoms with van der Waals surface area (Å²) in [4.78, 5) is 26.6. The zero-order chi connectivity index (χ0) is 20.2. The highest BCUT2D eigenvalue weighted by atomic mass is 32.2. The average Bonchev–Trinajstić information content (AvgIpc) is 2.90. The summed E-state index contributed by atoms with van der Waals surface area (Å²) in [5, 5.41) is 0. The number of ketones is 1. The van der Waals surface area contributed by atoms with Gasteiger partial charge in [-0.2, -0.15) is 0 Å². The fraction of sp³-hybridized carbons (Fsp3) is 0.440. The van der Waals surface area contributed by atoms with Crippen LogP contribution in [-0.2, 0) is 16.0 Å². The second-order valence-electron chi connectivity index (χ2n) is 8.21. The molecule has 1 aliphatic carbocycles. The van der Waals surface area contributed by atoms with Crippen molar-refractivity contribution in [2.45, 2.75) is 49.8 Å². The maximum absolute atomic E-state index is 13.1. The quantitative estimate of drug-likeness (QED) is 0.598. The topological polar surface area (TPSA) is 43.4 Å². The molecule has 3 nitrogen and oxygen atoms in total. The molecule has 0 spiro atoms. The minimum atomic E-state index is -0.336. The SMILES string of the molecule is CC(C(=O)OCCc1ccccc1)c1ccc2c(c1)SCC1CCCCC1C2=O. The van der Waals surface area contributed by atoms with Gasteiger partial charge in [0, 0.05) is 28.6 Å². The Morgan fingerprint density at radius 1 is 1.14 bits per heavy atom. The molecule has 4 heteroatoms. The number of fused-ring (bicyclic) bond motifs is 2. The predicted molar refractivity (Wildman–Crippen MR) is 116 cm³/mol. The van der Waals surface area contributed by atoms with Gasteiger partial charge in [-0.3, -0.25) is 9.59 Å². The van der Waals surface area contributed by atoms with Crippen molar-refractivity contribution in [1.82, 2.24) is 0 Å². The van der Waals surface area contributed by atoms with Crippen LogP contribution in [0.15, 0.2) is 53.4 Å². The second-order valence-corrected chi connectivity index (χ2v) is 9.27. The highest BCUT2D eigenvalue weighted by Gasteiger charge is 2.35.